The predicted molar refractivity (Wildman–Crippen MR) is 95.2 cm³/mol. The second-order valence-corrected chi connectivity index (χ2v) is 9.72. The predicted octanol–water partition coefficient (Wildman–Crippen LogP) is 6.21. The first kappa shape index (κ1) is 15.6. The van der Waals surface area contributed by atoms with Crippen LogP contribution in [0.4, 0.5) is 0 Å². The van der Waals surface area contributed by atoms with Gasteiger partial charge in [0.1, 0.15) is 0 Å². The number of para-hydroxylation sites is 2. The van der Waals surface area contributed by atoms with Crippen molar-refractivity contribution >= 4 is 18.3 Å². The molecule has 0 amide bonds. The van der Waals surface area contributed by atoms with E-state index in [9.17, 15) is 0 Å². The van der Waals surface area contributed by atoms with E-state index in [2.05, 4.69) is 0 Å². The van der Waals surface area contributed by atoms with Crippen molar-refractivity contribution in [3.8, 4) is 11.5 Å². The molecule has 0 unspecified atom stereocenters. The van der Waals surface area contributed by atoms with Crippen molar-refractivity contribution in [2.75, 3.05) is 0 Å². The third kappa shape index (κ3) is 3.94. The average molecular weight is 337 g/mol. The maximum absolute atomic E-state index is 6.98. The van der Waals surface area contributed by atoms with Crippen molar-refractivity contribution in [3.63, 3.8) is 0 Å². The zero-order chi connectivity index (χ0) is 15.3. The van der Waals surface area contributed by atoms with Gasteiger partial charge >= 0.3 is 137 Å². The quantitative estimate of drug-likeness (QED) is 0.604. The van der Waals surface area contributed by atoms with Crippen LogP contribution < -0.4 is 9.05 Å². The number of hydrogen-bond donors (Lipinski definition) is 0. The van der Waals surface area contributed by atoms with Crippen LogP contribution in [0.15, 0.2) is 60.7 Å². The molecule has 2 aromatic rings. The summed E-state index contributed by atoms with van der Waals surface area (Å²) in [5.74, 6) is 1.59. The summed E-state index contributed by atoms with van der Waals surface area (Å²) < 4.78 is 12.5. The number of halogens is 1. The first-order valence-corrected chi connectivity index (χ1v) is 10.8. The fourth-order valence-electron chi connectivity index (χ4n) is 2.93. The zero-order valence-corrected chi connectivity index (χ0v) is 14.3. The van der Waals surface area contributed by atoms with Crippen LogP contribution in [0.3, 0.4) is 0 Å². The van der Waals surface area contributed by atoms with Crippen LogP contribution in [-0.4, -0.2) is 5.66 Å². The molecule has 0 aromatic heterocycles. The Kier molecular flexibility index (Phi) is 5.23. The summed E-state index contributed by atoms with van der Waals surface area (Å²) in [7, 11) is -2.86. The van der Waals surface area contributed by atoms with Gasteiger partial charge in [-0.15, -0.1) is 0 Å². The molecule has 1 fully saturated rings. The topological polar surface area (TPSA) is 18.5 Å². The van der Waals surface area contributed by atoms with Crippen LogP contribution in [-0.2, 0) is 0 Å². The van der Waals surface area contributed by atoms with Gasteiger partial charge in [-0.3, -0.25) is 0 Å². The summed E-state index contributed by atoms with van der Waals surface area (Å²) in [6, 6.07) is 19.6. The minimum atomic E-state index is -2.86. The Morgan fingerprint density at radius 3 is 1.64 bits per heavy atom. The van der Waals surface area contributed by atoms with Gasteiger partial charge in [-0.2, -0.15) is 0 Å². The summed E-state index contributed by atoms with van der Waals surface area (Å²) in [5, 5.41) is 0. The Bertz CT molecular complexity index is 529. The normalized spacial score (nSPS) is 17.0. The molecule has 118 valence electrons. The molecule has 0 radical (unpaired) electrons. The van der Waals surface area contributed by atoms with Gasteiger partial charge in [0.15, 0.2) is 0 Å². The van der Waals surface area contributed by atoms with Crippen LogP contribution in [0.2, 0.25) is 0 Å². The van der Waals surface area contributed by atoms with Gasteiger partial charge in [0.25, 0.3) is 0 Å². The second-order valence-electron chi connectivity index (χ2n) is 5.75. The molecule has 1 aliphatic carbocycles. The molecular weight excluding hydrogens is 315 g/mol. The molecule has 2 aromatic carbocycles. The van der Waals surface area contributed by atoms with Crippen molar-refractivity contribution in [2.45, 2.75) is 37.8 Å². The van der Waals surface area contributed by atoms with Gasteiger partial charge in [0, 0.05) is 0 Å². The van der Waals surface area contributed by atoms with E-state index in [1.54, 1.807) is 0 Å². The molecule has 0 spiro atoms. The van der Waals surface area contributed by atoms with Gasteiger partial charge in [-0.1, -0.05) is 0 Å². The monoisotopic (exact) mass is 336 g/mol. The molecule has 4 heteroatoms. The second kappa shape index (κ2) is 7.35. The van der Waals surface area contributed by atoms with E-state index in [1.165, 1.54) is 19.3 Å². The molecule has 0 heterocycles. The van der Waals surface area contributed by atoms with Gasteiger partial charge in [0.05, 0.1) is 0 Å². The van der Waals surface area contributed by atoms with Gasteiger partial charge in [0.2, 0.25) is 0 Å². The first-order chi connectivity index (χ1) is 10.8. The van der Waals surface area contributed by atoms with E-state index in [0.29, 0.717) is 5.66 Å². The number of hydrogen-bond acceptors (Lipinski definition) is 2. The molecule has 0 atom stereocenters. The Balaban J connectivity index is 1.83. The van der Waals surface area contributed by atoms with E-state index >= 15 is 0 Å². The van der Waals surface area contributed by atoms with Crippen LogP contribution in [0.1, 0.15) is 32.1 Å². The summed E-state index contributed by atoms with van der Waals surface area (Å²) in [6.07, 6.45) is 5.89. The van der Waals surface area contributed by atoms with E-state index in [4.69, 9.17) is 20.3 Å². The van der Waals surface area contributed by atoms with Crippen molar-refractivity contribution < 1.29 is 9.05 Å². The summed E-state index contributed by atoms with van der Waals surface area (Å²) >= 11 is 6.98. The van der Waals surface area contributed by atoms with Gasteiger partial charge < -0.3 is 0 Å². The maximum atomic E-state index is 6.98. The number of benzene rings is 2. The molecular formula is C18H22ClO2P. The average Bonchev–Trinajstić information content (AvgIpc) is 2.57. The number of rotatable bonds is 5. The fourth-order valence-corrected chi connectivity index (χ4v) is 6.51. The van der Waals surface area contributed by atoms with Crippen LogP contribution >= 0.6 is 18.3 Å². The van der Waals surface area contributed by atoms with Crippen molar-refractivity contribution in [2.24, 2.45) is 0 Å². The molecule has 1 saturated carbocycles. The molecule has 2 nitrogen and oxygen atoms in total. The Labute approximate surface area is 137 Å². The van der Waals surface area contributed by atoms with E-state index in [1.807, 2.05) is 60.7 Å². The summed E-state index contributed by atoms with van der Waals surface area (Å²) in [6.45, 7) is 0. The minimum absolute atomic E-state index is 0.323. The van der Waals surface area contributed by atoms with E-state index < -0.39 is 7.07 Å². The van der Waals surface area contributed by atoms with Crippen molar-refractivity contribution in [1.82, 2.24) is 0 Å². The van der Waals surface area contributed by atoms with Crippen LogP contribution in [0.5, 0.6) is 11.5 Å². The van der Waals surface area contributed by atoms with Gasteiger partial charge in [-0.05, 0) is 0 Å². The summed E-state index contributed by atoms with van der Waals surface area (Å²) in [5.41, 5.74) is 0.323. The van der Waals surface area contributed by atoms with E-state index in [-0.39, 0.29) is 0 Å². The molecule has 0 N–H and O–H groups in total. The zero-order valence-electron chi connectivity index (χ0n) is 12.6. The molecule has 0 bridgehead atoms. The standard InChI is InChI=1S/C18H22ClO2P/c19-22(18-14-8-3-9-15-18,20-16-10-4-1-5-11-16)21-17-12-6-2-7-13-17/h1-2,4-7,10-13,18,22H,3,8-9,14-15H2. The molecule has 3 rings (SSSR count). The van der Waals surface area contributed by atoms with Crippen molar-refractivity contribution in [1.29, 1.82) is 0 Å². The van der Waals surface area contributed by atoms with Crippen LogP contribution in [0, 0.1) is 0 Å². The Morgan fingerprint density at radius 2 is 1.18 bits per heavy atom. The summed E-state index contributed by atoms with van der Waals surface area (Å²) in [4.78, 5) is 0. The fraction of sp³-hybridized carbons (Fsp3) is 0.333. The third-order valence-corrected chi connectivity index (χ3v) is 8.06. The van der Waals surface area contributed by atoms with Crippen LogP contribution in [0.25, 0.3) is 0 Å². The Hall–Kier alpha value is -1.24. The molecule has 0 aliphatic heterocycles. The molecule has 22 heavy (non-hydrogen) atoms. The first-order valence-electron chi connectivity index (χ1n) is 7.93. The van der Waals surface area contributed by atoms with E-state index in [0.717, 1.165) is 24.3 Å². The van der Waals surface area contributed by atoms with Gasteiger partial charge in [-0.25, -0.2) is 0 Å². The molecule has 0 saturated heterocycles. The SMILES string of the molecule is Cl[PH](Oc1ccccc1)(Oc1ccccc1)C1CCCCC1. The molecule has 1 aliphatic rings. The third-order valence-electron chi connectivity index (χ3n) is 4.09. The Morgan fingerprint density at radius 1 is 0.727 bits per heavy atom. The van der Waals surface area contributed by atoms with Crippen molar-refractivity contribution in [3.05, 3.63) is 60.7 Å².